The van der Waals surface area contributed by atoms with Crippen LogP contribution < -0.4 is 4.74 Å². The molecule has 0 aliphatic rings. The van der Waals surface area contributed by atoms with E-state index in [0.717, 1.165) is 12.1 Å². The summed E-state index contributed by atoms with van der Waals surface area (Å²) in [5.74, 6) is -0.0735. The maximum absolute atomic E-state index is 12.8. The topological polar surface area (TPSA) is 50.1 Å². The van der Waals surface area contributed by atoms with Crippen LogP contribution in [0.3, 0.4) is 0 Å². The number of halogens is 4. The second kappa shape index (κ2) is 6.08. The first kappa shape index (κ1) is 15.9. The van der Waals surface area contributed by atoms with Crippen molar-refractivity contribution in [3.8, 4) is 17.6 Å². The van der Waals surface area contributed by atoms with Crippen LogP contribution >= 0.6 is 11.6 Å². The Morgan fingerprint density at radius 1 is 1.18 bits per heavy atom. The number of carbonyl (C=O) groups is 1. The van der Waals surface area contributed by atoms with Crippen LogP contribution in [0, 0.1) is 11.3 Å². The SMILES string of the molecule is N#Cc1cc(C=O)ccc1Oc1ccc(Cl)c(C(F)(F)F)c1. The molecule has 2 aromatic rings. The second-order valence-electron chi connectivity index (χ2n) is 4.23. The maximum Gasteiger partial charge on any atom is 0.417 e. The van der Waals surface area contributed by atoms with Crippen molar-refractivity contribution >= 4 is 17.9 Å². The number of nitrogens with zero attached hydrogens (tertiary/aromatic N) is 1. The van der Waals surface area contributed by atoms with E-state index in [1.165, 1.54) is 24.3 Å². The van der Waals surface area contributed by atoms with E-state index in [0.29, 0.717) is 6.29 Å². The Balaban J connectivity index is 2.40. The molecule has 0 spiro atoms. The van der Waals surface area contributed by atoms with Gasteiger partial charge in [-0.1, -0.05) is 11.6 Å². The summed E-state index contributed by atoms with van der Waals surface area (Å²) in [6, 6.07) is 8.89. The van der Waals surface area contributed by atoms with Crippen LogP contribution in [0.1, 0.15) is 21.5 Å². The molecule has 2 rings (SSSR count). The van der Waals surface area contributed by atoms with Crippen molar-refractivity contribution in [3.05, 3.63) is 58.1 Å². The molecule has 22 heavy (non-hydrogen) atoms. The Labute approximate surface area is 128 Å². The Kier molecular flexibility index (Phi) is 4.38. The summed E-state index contributed by atoms with van der Waals surface area (Å²) in [4.78, 5) is 10.6. The number of benzene rings is 2. The first-order valence-electron chi connectivity index (χ1n) is 5.89. The molecule has 0 radical (unpaired) electrons. The van der Waals surface area contributed by atoms with Gasteiger partial charge < -0.3 is 4.74 Å². The molecular weight excluding hydrogens is 319 g/mol. The van der Waals surface area contributed by atoms with Gasteiger partial charge in [0, 0.05) is 5.56 Å². The average molecular weight is 326 g/mol. The lowest BCUT2D eigenvalue weighted by atomic mass is 10.1. The van der Waals surface area contributed by atoms with Crippen molar-refractivity contribution in [2.75, 3.05) is 0 Å². The Hall–Kier alpha value is -2.52. The Morgan fingerprint density at radius 2 is 1.91 bits per heavy atom. The highest BCUT2D eigenvalue weighted by Gasteiger charge is 2.33. The van der Waals surface area contributed by atoms with Gasteiger partial charge in [0.2, 0.25) is 0 Å². The van der Waals surface area contributed by atoms with Gasteiger partial charge in [0.1, 0.15) is 23.9 Å². The van der Waals surface area contributed by atoms with Crippen molar-refractivity contribution in [3.63, 3.8) is 0 Å². The Morgan fingerprint density at radius 3 is 2.50 bits per heavy atom. The van der Waals surface area contributed by atoms with Crippen molar-refractivity contribution in [2.45, 2.75) is 6.18 Å². The van der Waals surface area contributed by atoms with Gasteiger partial charge in [-0.15, -0.1) is 0 Å². The van der Waals surface area contributed by atoms with Gasteiger partial charge in [-0.3, -0.25) is 4.79 Å². The fraction of sp³-hybridized carbons (Fsp3) is 0.0667. The zero-order valence-corrected chi connectivity index (χ0v) is 11.6. The summed E-state index contributed by atoms with van der Waals surface area (Å²) in [6.07, 6.45) is -4.06. The van der Waals surface area contributed by atoms with Gasteiger partial charge in [-0.25, -0.2) is 0 Å². The van der Waals surface area contributed by atoms with E-state index in [1.54, 1.807) is 0 Å². The van der Waals surface area contributed by atoms with Crippen LogP contribution in [0.5, 0.6) is 11.5 Å². The molecule has 0 aromatic heterocycles. The molecule has 0 saturated carbocycles. The lowest BCUT2D eigenvalue weighted by molar-refractivity contribution is -0.137. The number of hydrogen-bond donors (Lipinski definition) is 0. The van der Waals surface area contributed by atoms with Gasteiger partial charge in [-0.05, 0) is 36.4 Å². The normalized spacial score (nSPS) is 10.9. The van der Waals surface area contributed by atoms with Crippen LogP contribution in [0.25, 0.3) is 0 Å². The largest absolute Gasteiger partial charge is 0.456 e. The molecule has 0 fully saturated rings. The number of nitriles is 1. The Bertz CT molecular complexity index is 766. The molecule has 2 aromatic carbocycles. The van der Waals surface area contributed by atoms with Crippen LogP contribution in [0.4, 0.5) is 13.2 Å². The molecule has 0 aliphatic carbocycles. The van der Waals surface area contributed by atoms with E-state index in [1.807, 2.05) is 6.07 Å². The lowest BCUT2D eigenvalue weighted by Gasteiger charge is -2.12. The number of alkyl halides is 3. The first-order valence-corrected chi connectivity index (χ1v) is 6.27. The number of rotatable bonds is 3. The molecule has 0 heterocycles. The third-order valence-corrected chi connectivity index (χ3v) is 3.06. The van der Waals surface area contributed by atoms with Crippen LogP contribution in [0.2, 0.25) is 5.02 Å². The summed E-state index contributed by atoms with van der Waals surface area (Å²) < 4.78 is 43.6. The predicted octanol–water partition coefficient (Wildman–Crippen LogP) is 4.84. The molecule has 0 bridgehead atoms. The monoisotopic (exact) mass is 325 g/mol. The third kappa shape index (κ3) is 3.38. The number of aldehydes is 1. The number of ether oxygens (including phenoxy) is 1. The number of carbonyl (C=O) groups excluding carboxylic acids is 1. The highest BCUT2D eigenvalue weighted by molar-refractivity contribution is 6.31. The standard InChI is InChI=1S/C15H7ClF3NO2/c16-13-3-2-11(6-12(13)15(17,18)19)22-14-4-1-9(8-21)5-10(14)7-20/h1-6,8H. The van der Waals surface area contributed by atoms with E-state index in [-0.39, 0.29) is 22.6 Å². The minimum atomic E-state index is -4.62. The van der Waals surface area contributed by atoms with Crippen molar-refractivity contribution in [2.24, 2.45) is 0 Å². The highest BCUT2D eigenvalue weighted by Crippen LogP contribution is 2.38. The number of hydrogen-bond acceptors (Lipinski definition) is 3. The van der Waals surface area contributed by atoms with E-state index in [4.69, 9.17) is 21.6 Å². The zero-order chi connectivity index (χ0) is 16.3. The summed E-state index contributed by atoms with van der Waals surface area (Å²) in [5, 5.41) is 8.55. The zero-order valence-electron chi connectivity index (χ0n) is 10.8. The van der Waals surface area contributed by atoms with Gasteiger partial charge in [0.05, 0.1) is 16.1 Å². The fourth-order valence-corrected chi connectivity index (χ4v) is 1.93. The van der Waals surface area contributed by atoms with E-state index >= 15 is 0 Å². The summed E-state index contributed by atoms with van der Waals surface area (Å²) in [7, 11) is 0. The maximum atomic E-state index is 12.8. The molecule has 0 aliphatic heterocycles. The fourth-order valence-electron chi connectivity index (χ4n) is 1.71. The molecule has 112 valence electrons. The van der Waals surface area contributed by atoms with E-state index in [2.05, 4.69) is 0 Å². The van der Waals surface area contributed by atoms with E-state index < -0.39 is 16.8 Å². The summed E-state index contributed by atoms with van der Waals surface area (Å²) >= 11 is 5.52. The summed E-state index contributed by atoms with van der Waals surface area (Å²) in [5.41, 5.74) is -0.737. The van der Waals surface area contributed by atoms with Crippen LogP contribution in [0.15, 0.2) is 36.4 Å². The van der Waals surface area contributed by atoms with Crippen molar-refractivity contribution in [1.29, 1.82) is 5.26 Å². The average Bonchev–Trinajstić information content (AvgIpc) is 2.48. The summed E-state index contributed by atoms with van der Waals surface area (Å²) in [6.45, 7) is 0. The molecule has 0 amide bonds. The third-order valence-electron chi connectivity index (χ3n) is 2.73. The second-order valence-corrected chi connectivity index (χ2v) is 4.63. The van der Waals surface area contributed by atoms with Gasteiger partial charge >= 0.3 is 6.18 Å². The smallest absolute Gasteiger partial charge is 0.417 e. The van der Waals surface area contributed by atoms with Crippen molar-refractivity contribution in [1.82, 2.24) is 0 Å². The molecule has 0 atom stereocenters. The minimum absolute atomic E-state index is 0.0353. The van der Waals surface area contributed by atoms with Gasteiger partial charge in [0.25, 0.3) is 0 Å². The molecule has 0 N–H and O–H groups in total. The molecule has 0 unspecified atom stereocenters. The van der Waals surface area contributed by atoms with Crippen LogP contribution in [-0.4, -0.2) is 6.29 Å². The van der Waals surface area contributed by atoms with Crippen molar-refractivity contribution < 1.29 is 22.7 Å². The molecule has 3 nitrogen and oxygen atoms in total. The van der Waals surface area contributed by atoms with Crippen LogP contribution in [-0.2, 0) is 6.18 Å². The molecule has 7 heteroatoms. The quantitative estimate of drug-likeness (QED) is 0.759. The van der Waals surface area contributed by atoms with Gasteiger partial charge in [-0.2, -0.15) is 18.4 Å². The molecular formula is C15H7ClF3NO2. The molecule has 0 saturated heterocycles. The first-order chi connectivity index (χ1) is 10.3. The minimum Gasteiger partial charge on any atom is -0.456 e. The van der Waals surface area contributed by atoms with Gasteiger partial charge in [0.15, 0.2) is 0 Å². The highest BCUT2D eigenvalue weighted by atomic mass is 35.5. The van der Waals surface area contributed by atoms with E-state index in [9.17, 15) is 18.0 Å². The predicted molar refractivity (Wildman–Crippen MR) is 73.1 cm³/mol. The lowest BCUT2D eigenvalue weighted by Crippen LogP contribution is -2.06.